The van der Waals surface area contributed by atoms with Gasteiger partial charge in [-0.1, -0.05) is 32.1 Å². The average Bonchev–Trinajstić information content (AvgIpc) is 2.85. The molecular weight excluding hydrogens is 271 g/mol. The molecule has 1 aromatic carbocycles. The first-order chi connectivity index (χ1) is 10.2. The van der Waals surface area contributed by atoms with Gasteiger partial charge >= 0.3 is 0 Å². The van der Waals surface area contributed by atoms with Crippen molar-refractivity contribution in [3.05, 3.63) is 41.0 Å². The first kappa shape index (κ1) is 15.0. The number of aromatic nitrogens is 2. The van der Waals surface area contributed by atoms with Crippen molar-refractivity contribution in [1.29, 1.82) is 0 Å². The lowest BCUT2D eigenvalue weighted by atomic mass is 10.1. The van der Waals surface area contributed by atoms with Crippen molar-refractivity contribution >= 4 is 0 Å². The summed E-state index contributed by atoms with van der Waals surface area (Å²) in [6.07, 6.45) is 5.32. The molecule has 0 aliphatic rings. The van der Waals surface area contributed by atoms with Gasteiger partial charge in [-0.2, -0.15) is 0 Å². The minimum Gasteiger partial charge on any atom is -0.359 e. The summed E-state index contributed by atoms with van der Waals surface area (Å²) in [6.45, 7) is 2.16. The van der Waals surface area contributed by atoms with E-state index in [2.05, 4.69) is 28.6 Å². The molecule has 0 aliphatic heterocycles. The van der Waals surface area contributed by atoms with E-state index in [0.717, 1.165) is 19.3 Å². The Morgan fingerprint density at radius 1 is 1.24 bits per heavy atom. The van der Waals surface area contributed by atoms with E-state index in [4.69, 9.17) is 0 Å². The Bertz CT molecular complexity index is 639. The van der Waals surface area contributed by atoms with Gasteiger partial charge in [-0.05, 0) is 41.5 Å². The zero-order valence-corrected chi connectivity index (χ0v) is 11.9. The molecular formula is C16H17FN2O2. The maximum absolute atomic E-state index is 12.9. The Hall–Kier alpha value is -2.35. The highest BCUT2D eigenvalue weighted by atomic mass is 19.1. The van der Waals surface area contributed by atoms with Crippen molar-refractivity contribution in [2.75, 3.05) is 0 Å². The number of hydrogen-bond acceptors (Lipinski definition) is 3. The molecule has 0 atom stereocenters. The van der Waals surface area contributed by atoms with Crippen LogP contribution in [-0.2, 0) is 0 Å². The predicted molar refractivity (Wildman–Crippen MR) is 76.5 cm³/mol. The van der Waals surface area contributed by atoms with Crippen LogP contribution in [0, 0.1) is 22.9 Å². The lowest BCUT2D eigenvalue weighted by Crippen LogP contribution is -2.25. The van der Waals surface area contributed by atoms with E-state index in [1.807, 2.05) is 0 Å². The quantitative estimate of drug-likeness (QED) is 0.481. The SMILES string of the molecule is CCCCCCC#Cc1no[n+]([O-])c1-c1ccc(F)cc1. The van der Waals surface area contributed by atoms with E-state index < -0.39 is 0 Å². The summed E-state index contributed by atoms with van der Waals surface area (Å²) in [5.74, 6) is 5.49. The van der Waals surface area contributed by atoms with Crippen LogP contribution in [-0.4, -0.2) is 5.16 Å². The molecule has 2 aromatic rings. The lowest BCUT2D eigenvalue weighted by Gasteiger charge is -1.96. The van der Waals surface area contributed by atoms with E-state index >= 15 is 0 Å². The Kier molecular flexibility index (Phi) is 5.33. The minimum absolute atomic E-state index is 0.219. The molecule has 2 rings (SSSR count). The zero-order valence-electron chi connectivity index (χ0n) is 11.9. The Morgan fingerprint density at radius 3 is 2.71 bits per heavy atom. The topological polar surface area (TPSA) is 53.0 Å². The molecule has 110 valence electrons. The highest BCUT2D eigenvalue weighted by Gasteiger charge is 2.19. The summed E-state index contributed by atoms with van der Waals surface area (Å²) in [4.78, 5) is 0.300. The van der Waals surface area contributed by atoms with Crippen LogP contribution in [0.15, 0.2) is 28.9 Å². The van der Waals surface area contributed by atoms with Crippen molar-refractivity contribution in [1.82, 2.24) is 5.16 Å². The van der Waals surface area contributed by atoms with Gasteiger partial charge in [-0.3, -0.25) is 4.63 Å². The second-order valence-electron chi connectivity index (χ2n) is 4.75. The van der Waals surface area contributed by atoms with E-state index in [0.29, 0.717) is 10.5 Å². The van der Waals surface area contributed by atoms with E-state index in [1.165, 1.54) is 37.1 Å². The van der Waals surface area contributed by atoms with Gasteiger partial charge < -0.3 is 5.21 Å². The van der Waals surface area contributed by atoms with E-state index in [1.54, 1.807) is 0 Å². The highest BCUT2D eigenvalue weighted by Crippen LogP contribution is 2.18. The fourth-order valence-corrected chi connectivity index (χ4v) is 1.97. The molecule has 0 N–H and O–H groups in total. The summed E-state index contributed by atoms with van der Waals surface area (Å²) in [7, 11) is 0. The van der Waals surface area contributed by atoms with Crippen LogP contribution in [0.2, 0.25) is 0 Å². The molecule has 0 aliphatic carbocycles. The van der Waals surface area contributed by atoms with Gasteiger partial charge in [0.2, 0.25) is 5.69 Å². The van der Waals surface area contributed by atoms with Crippen molar-refractivity contribution < 1.29 is 13.9 Å². The first-order valence-corrected chi connectivity index (χ1v) is 7.07. The van der Waals surface area contributed by atoms with E-state index in [-0.39, 0.29) is 17.2 Å². The van der Waals surface area contributed by atoms with Crippen molar-refractivity contribution in [2.45, 2.75) is 39.0 Å². The third-order valence-electron chi connectivity index (χ3n) is 3.09. The smallest absolute Gasteiger partial charge is 0.299 e. The number of benzene rings is 1. The summed E-state index contributed by atoms with van der Waals surface area (Å²) in [5.41, 5.74) is 1.03. The third-order valence-corrected chi connectivity index (χ3v) is 3.09. The van der Waals surface area contributed by atoms with Gasteiger partial charge in [0.15, 0.2) is 0 Å². The number of nitrogens with zero attached hydrogens (tertiary/aromatic N) is 2. The maximum atomic E-state index is 12.9. The standard InChI is InChI=1S/C16H17FN2O2/c1-2-3-4-5-6-7-8-15-16(19(20)21-18-15)13-9-11-14(17)12-10-13/h9-12H,2-6H2,1H3. The minimum atomic E-state index is -0.365. The summed E-state index contributed by atoms with van der Waals surface area (Å²) < 4.78 is 17.5. The molecule has 5 heteroatoms. The molecule has 0 bridgehead atoms. The van der Waals surface area contributed by atoms with Crippen LogP contribution in [0.1, 0.15) is 44.7 Å². The van der Waals surface area contributed by atoms with Gasteiger partial charge in [0.1, 0.15) is 5.82 Å². The Labute approximate surface area is 123 Å². The van der Waals surface area contributed by atoms with Crippen LogP contribution in [0.3, 0.4) is 0 Å². The normalized spacial score (nSPS) is 10.2. The maximum Gasteiger partial charge on any atom is 0.299 e. The molecule has 21 heavy (non-hydrogen) atoms. The summed E-state index contributed by atoms with van der Waals surface area (Å²) in [6, 6.07) is 5.57. The molecule has 0 radical (unpaired) electrons. The van der Waals surface area contributed by atoms with Crippen molar-refractivity contribution in [3.8, 4) is 23.1 Å². The molecule has 4 nitrogen and oxygen atoms in total. The Morgan fingerprint density at radius 2 is 2.00 bits per heavy atom. The summed E-state index contributed by atoms with van der Waals surface area (Å²) in [5, 5.41) is 15.3. The highest BCUT2D eigenvalue weighted by molar-refractivity contribution is 5.61. The first-order valence-electron chi connectivity index (χ1n) is 7.07. The van der Waals surface area contributed by atoms with Gasteiger partial charge in [-0.15, -0.1) is 0 Å². The summed E-state index contributed by atoms with van der Waals surface area (Å²) >= 11 is 0. The molecule has 0 amide bonds. The van der Waals surface area contributed by atoms with Crippen LogP contribution in [0.25, 0.3) is 11.3 Å². The van der Waals surface area contributed by atoms with Crippen molar-refractivity contribution in [2.24, 2.45) is 0 Å². The molecule has 1 aromatic heterocycles. The molecule has 0 unspecified atom stereocenters. The third kappa shape index (κ3) is 4.06. The predicted octanol–water partition coefficient (Wildman–Crippen LogP) is 3.44. The van der Waals surface area contributed by atoms with E-state index in [9.17, 15) is 9.60 Å². The number of rotatable bonds is 5. The van der Waals surface area contributed by atoms with Crippen LogP contribution < -0.4 is 4.90 Å². The fraction of sp³-hybridized carbons (Fsp3) is 0.375. The molecule has 1 heterocycles. The molecule has 0 saturated heterocycles. The van der Waals surface area contributed by atoms with Crippen molar-refractivity contribution in [3.63, 3.8) is 0 Å². The molecule has 0 saturated carbocycles. The molecule has 0 fully saturated rings. The van der Waals surface area contributed by atoms with Gasteiger partial charge in [-0.25, -0.2) is 4.39 Å². The average molecular weight is 288 g/mol. The van der Waals surface area contributed by atoms with Gasteiger partial charge in [0, 0.05) is 12.0 Å². The molecule has 0 spiro atoms. The second kappa shape index (κ2) is 7.44. The van der Waals surface area contributed by atoms with Crippen LogP contribution in [0.4, 0.5) is 4.39 Å². The lowest BCUT2D eigenvalue weighted by molar-refractivity contribution is -0.793. The fourth-order valence-electron chi connectivity index (χ4n) is 1.97. The monoisotopic (exact) mass is 288 g/mol. The second-order valence-corrected chi connectivity index (χ2v) is 4.75. The van der Waals surface area contributed by atoms with Crippen LogP contribution in [0.5, 0.6) is 0 Å². The number of unbranched alkanes of at least 4 members (excludes halogenated alkanes) is 4. The zero-order chi connectivity index (χ0) is 15.1. The van der Waals surface area contributed by atoms with Crippen LogP contribution >= 0.6 is 0 Å². The Balaban J connectivity index is 2.11. The number of hydrogen-bond donors (Lipinski definition) is 0. The van der Waals surface area contributed by atoms with Gasteiger partial charge in [0.05, 0.1) is 5.16 Å². The largest absolute Gasteiger partial charge is 0.359 e. The number of halogens is 1. The van der Waals surface area contributed by atoms with Gasteiger partial charge in [0.25, 0.3) is 5.69 Å².